The number of pyridine rings is 2. The van der Waals surface area contributed by atoms with Crippen molar-refractivity contribution in [3.63, 3.8) is 0 Å². The van der Waals surface area contributed by atoms with Crippen LogP contribution in [-0.4, -0.2) is 58.2 Å². The summed E-state index contributed by atoms with van der Waals surface area (Å²) in [6, 6.07) is 6.61. The van der Waals surface area contributed by atoms with E-state index in [1.807, 2.05) is 24.0 Å². The molecule has 3 fully saturated rings. The molecule has 5 rings (SSSR count). The van der Waals surface area contributed by atoms with Crippen molar-refractivity contribution < 1.29 is 9.90 Å². The molecule has 1 atom stereocenters. The van der Waals surface area contributed by atoms with Crippen molar-refractivity contribution in [1.82, 2.24) is 14.9 Å². The Balaban J connectivity index is 1.51. The second-order valence-electron chi connectivity index (χ2n) is 10.0. The van der Waals surface area contributed by atoms with Gasteiger partial charge in [0, 0.05) is 50.3 Å². The van der Waals surface area contributed by atoms with Crippen LogP contribution in [0.4, 0.5) is 5.82 Å². The number of carbonyl (C=O) groups excluding carboxylic acids is 1. The monoisotopic (exact) mass is 471 g/mol. The SMILES string of the molecule is C=Cc1cc(-c2c(C3CC3)nc(N3CCN(C(=O)CCCO)[C@H](C4CC4)C3)c(C#N)c2C)ccn1. The molecule has 1 saturated heterocycles. The summed E-state index contributed by atoms with van der Waals surface area (Å²) in [5.74, 6) is 1.82. The molecule has 1 amide bonds. The van der Waals surface area contributed by atoms with Crippen LogP contribution in [-0.2, 0) is 4.79 Å². The van der Waals surface area contributed by atoms with Gasteiger partial charge in [0.25, 0.3) is 0 Å². The molecule has 1 N–H and O–H groups in total. The highest BCUT2D eigenvalue weighted by Crippen LogP contribution is 2.47. The van der Waals surface area contributed by atoms with Crippen LogP contribution in [0.25, 0.3) is 17.2 Å². The lowest BCUT2D eigenvalue weighted by molar-refractivity contribution is -0.134. The van der Waals surface area contributed by atoms with Crippen molar-refractivity contribution in [3.8, 4) is 17.2 Å². The Bertz CT molecular complexity index is 1180. The van der Waals surface area contributed by atoms with E-state index < -0.39 is 0 Å². The molecule has 7 nitrogen and oxygen atoms in total. The fraction of sp³-hybridized carbons (Fsp3) is 0.500. The van der Waals surface area contributed by atoms with Crippen LogP contribution in [0.2, 0.25) is 0 Å². The number of amides is 1. The molecule has 2 aliphatic carbocycles. The Morgan fingerprint density at radius 1 is 1.31 bits per heavy atom. The number of carbonyl (C=O) groups is 1. The quantitative estimate of drug-likeness (QED) is 0.624. The molecule has 0 unspecified atom stereocenters. The molecule has 2 aromatic rings. The van der Waals surface area contributed by atoms with Crippen molar-refractivity contribution in [3.05, 3.63) is 47.4 Å². The third-order valence-electron chi connectivity index (χ3n) is 7.56. The fourth-order valence-corrected chi connectivity index (χ4v) is 5.38. The van der Waals surface area contributed by atoms with Crippen molar-refractivity contribution in [2.45, 2.75) is 57.4 Å². The minimum atomic E-state index is 0.0383. The van der Waals surface area contributed by atoms with Crippen LogP contribution >= 0.6 is 0 Å². The summed E-state index contributed by atoms with van der Waals surface area (Å²) in [6.45, 7) is 7.92. The van der Waals surface area contributed by atoms with Gasteiger partial charge >= 0.3 is 0 Å². The number of piperazine rings is 1. The van der Waals surface area contributed by atoms with Gasteiger partial charge in [0.1, 0.15) is 11.9 Å². The van der Waals surface area contributed by atoms with Gasteiger partial charge in [-0.15, -0.1) is 0 Å². The van der Waals surface area contributed by atoms with E-state index in [1.165, 1.54) is 0 Å². The summed E-state index contributed by atoms with van der Waals surface area (Å²) in [7, 11) is 0. The van der Waals surface area contributed by atoms with Crippen molar-refractivity contribution in [1.29, 1.82) is 5.26 Å². The normalized spacial score (nSPS) is 20.0. The Morgan fingerprint density at radius 3 is 2.77 bits per heavy atom. The van der Waals surface area contributed by atoms with E-state index in [9.17, 15) is 10.1 Å². The van der Waals surface area contributed by atoms with Crippen LogP contribution in [0, 0.1) is 24.2 Å². The third kappa shape index (κ3) is 4.68. The van der Waals surface area contributed by atoms with Gasteiger partial charge in [-0.05, 0) is 74.3 Å². The lowest BCUT2D eigenvalue weighted by Gasteiger charge is -2.43. The van der Waals surface area contributed by atoms with Gasteiger partial charge in [-0.1, -0.05) is 6.58 Å². The molecule has 0 bridgehead atoms. The van der Waals surface area contributed by atoms with E-state index >= 15 is 0 Å². The van der Waals surface area contributed by atoms with Crippen LogP contribution < -0.4 is 4.90 Å². The highest BCUT2D eigenvalue weighted by molar-refractivity contribution is 5.79. The van der Waals surface area contributed by atoms with Crippen LogP contribution in [0.3, 0.4) is 0 Å². The Morgan fingerprint density at radius 2 is 2.11 bits per heavy atom. The van der Waals surface area contributed by atoms with Gasteiger partial charge < -0.3 is 14.9 Å². The first-order valence-corrected chi connectivity index (χ1v) is 12.7. The maximum Gasteiger partial charge on any atom is 0.223 e. The Labute approximate surface area is 207 Å². The number of nitrogens with zero attached hydrogens (tertiary/aromatic N) is 5. The van der Waals surface area contributed by atoms with Crippen molar-refractivity contribution in [2.24, 2.45) is 5.92 Å². The van der Waals surface area contributed by atoms with E-state index in [0.717, 1.165) is 59.6 Å². The minimum absolute atomic E-state index is 0.0383. The molecular formula is C28H33N5O2. The van der Waals surface area contributed by atoms with E-state index in [2.05, 4.69) is 22.5 Å². The standard InChI is InChI=1S/C28H33N5O2/c1-3-22-15-21(10-11-30-22)26-18(2)23(16-29)28(31-27(26)20-8-9-20)32-12-13-33(25(35)5-4-14-34)24(17-32)19-6-7-19/h3,10-11,15,19-20,24,34H,1,4-9,12-14,17H2,2H3/t24-/m0/s1. The van der Waals surface area contributed by atoms with Crippen LogP contribution in [0.1, 0.15) is 67.0 Å². The highest BCUT2D eigenvalue weighted by Gasteiger charge is 2.42. The molecule has 0 spiro atoms. The lowest BCUT2D eigenvalue weighted by Crippen LogP contribution is -2.56. The predicted octanol–water partition coefficient (Wildman–Crippen LogP) is 4.04. The Hall–Kier alpha value is -3.24. The first kappa shape index (κ1) is 23.5. The number of aliphatic hydroxyl groups excluding tert-OH is 1. The number of anilines is 1. The summed E-state index contributed by atoms with van der Waals surface area (Å²) in [6.07, 6.45) is 8.92. The van der Waals surface area contributed by atoms with E-state index in [1.54, 1.807) is 12.3 Å². The number of nitriles is 1. The number of rotatable bonds is 8. The molecule has 0 radical (unpaired) electrons. The second kappa shape index (κ2) is 9.79. The molecule has 7 heteroatoms. The molecule has 1 aliphatic heterocycles. The average molecular weight is 472 g/mol. The fourth-order valence-electron chi connectivity index (χ4n) is 5.38. The van der Waals surface area contributed by atoms with E-state index in [-0.39, 0.29) is 18.6 Å². The zero-order chi connectivity index (χ0) is 24.5. The summed E-state index contributed by atoms with van der Waals surface area (Å²) in [4.78, 5) is 26.6. The molecular weight excluding hydrogens is 438 g/mol. The molecule has 2 saturated carbocycles. The summed E-state index contributed by atoms with van der Waals surface area (Å²) in [5, 5.41) is 19.4. The van der Waals surface area contributed by atoms with Crippen LogP contribution in [0.15, 0.2) is 24.9 Å². The number of aromatic nitrogens is 2. The number of hydrogen-bond acceptors (Lipinski definition) is 6. The molecule has 35 heavy (non-hydrogen) atoms. The number of hydrogen-bond donors (Lipinski definition) is 1. The summed E-state index contributed by atoms with van der Waals surface area (Å²) in [5.41, 5.74) is 5.54. The lowest BCUT2D eigenvalue weighted by atomic mass is 9.93. The maximum atomic E-state index is 12.8. The first-order valence-electron chi connectivity index (χ1n) is 12.7. The van der Waals surface area contributed by atoms with Gasteiger partial charge in [-0.25, -0.2) is 4.98 Å². The van der Waals surface area contributed by atoms with Crippen LogP contribution in [0.5, 0.6) is 0 Å². The number of aliphatic hydroxyl groups is 1. The predicted molar refractivity (Wildman–Crippen MR) is 136 cm³/mol. The zero-order valence-corrected chi connectivity index (χ0v) is 20.4. The molecule has 0 aromatic carbocycles. The average Bonchev–Trinajstić information content (AvgIpc) is 3.79. The molecule has 182 valence electrons. The van der Waals surface area contributed by atoms with E-state index in [4.69, 9.17) is 10.1 Å². The zero-order valence-electron chi connectivity index (χ0n) is 20.4. The molecule has 2 aromatic heterocycles. The van der Waals surface area contributed by atoms with Gasteiger partial charge in [0.05, 0.1) is 23.0 Å². The molecule has 3 aliphatic rings. The third-order valence-corrected chi connectivity index (χ3v) is 7.56. The Kier molecular flexibility index (Phi) is 6.57. The van der Waals surface area contributed by atoms with Gasteiger partial charge in [-0.3, -0.25) is 9.78 Å². The summed E-state index contributed by atoms with van der Waals surface area (Å²) >= 11 is 0. The van der Waals surface area contributed by atoms with E-state index in [0.29, 0.717) is 49.9 Å². The van der Waals surface area contributed by atoms with Gasteiger partial charge in [-0.2, -0.15) is 5.26 Å². The van der Waals surface area contributed by atoms with Gasteiger partial charge in [0.15, 0.2) is 0 Å². The van der Waals surface area contributed by atoms with Crippen molar-refractivity contribution in [2.75, 3.05) is 31.1 Å². The van der Waals surface area contributed by atoms with Crippen molar-refractivity contribution >= 4 is 17.8 Å². The van der Waals surface area contributed by atoms with Gasteiger partial charge in [0.2, 0.25) is 5.91 Å². The highest BCUT2D eigenvalue weighted by atomic mass is 16.3. The second-order valence-corrected chi connectivity index (χ2v) is 10.0. The minimum Gasteiger partial charge on any atom is -0.396 e. The smallest absolute Gasteiger partial charge is 0.223 e. The maximum absolute atomic E-state index is 12.8. The first-order chi connectivity index (χ1) is 17.0. The largest absolute Gasteiger partial charge is 0.396 e. The molecule has 3 heterocycles. The topological polar surface area (TPSA) is 93.4 Å². The summed E-state index contributed by atoms with van der Waals surface area (Å²) < 4.78 is 0.